The summed E-state index contributed by atoms with van der Waals surface area (Å²) in [5, 5.41) is 21.4. The Balaban J connectivity index is 1.94. The minimum Gasteiger partial charge on any atom is -0.508 e. The lowest BCUT2D eigenvalue weighted by atomic mass is 10.1. The molecule has 3 N–H and O–H groups in total. The summed E-state index contributed by atoms with van der Waals surface area (Å²) in [6.07, 6.45) is 0.834. The predicted octanol–water partition coefficient (Wildman–Crippen LogP) is 3.05. The highest BCUT2D eigenvalue weighted by molar-refractivity contribution is 5.88. The molecule has 0 saturated heterocycles. The Hall–Kier alpha value is -2.49. The molecule has 2 aromatic carbocycles. The van der Waals surface area contributed by atoms with Crippen LogP contribution in [0.3, 0.4) is 0 Å². The quantitative estimate of drug-likeness (QED) is 0.781. The summed E-state index contributed by atoms with van der Waals surface area (Å²) < 4.78 is 0. The van der Waals surface area contributed by atoms with Crippen LogP contribution in [0.15, 0.2) is 42.5 Å². The van der Waals surface area contributed by atoms with Crippen LogP contribution in [-0.4, -0.2) is 22.7 Å². The normalized spacial score (nSPS) is 10.2. The van der Waals surface area contributed by atoms with Gasteiger partial charge in [0, 0.05) is 12.2 Å². The summed E-state index contributed by atoms with van der Waals surface area (Å²) in [4.78, 5) is 10.9. The minimum absolute atomic E-state index is 0.266. The molecule has 0 heterocycles. The molecule has 0 bridgehead atoms. The number of aromatic carboxylic acids is 1. The van der Waals surface area contributed by atoms with Gasteiger partial charge in [-0.15, -0.1) is 0 Å². The van der Waals surface area contributed by atoms with E-state index < -0.39 is 5.97 Å². The molecule has 104 valence electrons. The van der Waals surface area contributed by atoms with Gasteiger partial charge in [-0.05, 0) is 54.8 Å². The first-order valence-corrected chi connectivity index (χ1v) is 6.42. The third-order valence-electron chi connectivity index (χ3n) is 3.14. The van der Waals surface area contributed by atoms with Crippen LogP contribution >= 0.6 is 0 Å². The fourth-order valence-corrected chi connectivity index (χ4v) is 2.00. The van der Waals surface area contributed by atoms with E-state index in [1.54, 1.807) is 30.3 Å². The minimum atomic E-state index is -0.913. The standard InChI is InChI=1S/C16H17NO3/c1-11-10-13(16(19)20)4-7-15(11)17-9-8-12-2-5-14(18)6-3-12/h2-7,10,17-18H,8-9H2,1H3,(H,19,20). The van der Waals surface area contributed by atoms with Crippen molar-refractivity contribution in [2.45, 2.75) is 13.3 Å². The first kappa shape index (κ1) is 13.9. The number of hydrogen-bond donors (Lipinski definition) is 3. The number of phenolic OH excluding ortho intramolecular Hbond substituents is 1. The largest absolute Gasteiger partial charge is 0.508 e. The highest BCUT2D eigenvalue weighted by atomic mass is 16.4. The molecule has 2 aromatic rings. The molecule has 0 radical (unpaired) electrons. The van der Waals surface area contributed by atoms with Crippen molar-refractivity contribution in [3.63, 3.8) is 0 Å². The average Bonchev–Trinajstić information content (AvgIpc) is 2.42. The summed E-state index contributed by atoms with van der Waals surface area (Å²) in [6.45, 7) is 2.63. The zero-order valence-corrected chi connectivity index (χ0v) is 11.3. The van der Waals surface area contributed by atoms with Gasteiger partial charge in [0.25, 0.3) is 0 Å². The van der Waals surface area contributed by atoms with Gasteiger partial charge in [0.05, 0.1) is 5.56 Å². The summed E-state index contributed by atoms with van der Waals surface area (Å²) >= 11 is 0. The molecule has 0 aliphatic rings. The number of aromatic hydroxyl groups is 1. The zero-order chi connectivity index (χ0) is 14.5. The van der Waals surface area contributed by atoms with E-state index in [-0.39, 0.29) is 5.75 Å². The maximum Gasteiger partial charge on any atom is 0.335 e. The molecule has 4 nitrogen and oxygen atoms in total. The third kappa shape index (κ3) is 3.51. The van der Waals surface area contributed by atoms with Crippen molar-refractivity contribution in [2.75, 3.05) is 11.9 Å². The van der Waals surface area contributed by atoms with Crippen molar-refractivity contribution in [1.82, 2.24) is 0 Å². The van der Waals surface area contributed by atoms with E-state index in [1.807, 2.05) is 19.1 Å². The van der Waals surface area contributed by atoms with Crippen molar-refractivity contribution in [3.8, 4) is 5.75 Å². The lowest BCUT2D eigenvalue weighted by Gasteiger charge is -2.10. The van der Waals surface area contributed by atoms with Crippen LogP contribution in [0.25, 0.3) is 0 Å². The number of phenols is 1. The maximum absolute atomic E-state index is 10.9. The Morgan fingerprint density at radius 2 is 1.85 bits per heavy atom. The van der Waals surface area contributed by atoms with Gasteiger partial charge in [-0.2, -0.15) is 0 Å². The number of aryl methyl sites for hydroxylation is 1. The average molecular weight is 271 g/mol. The van der Waals surface area contributed by atoms with Gasteiger partial charge in [-0.3, -0.25) is 0 Å². The van der Waals surface area contributed by atoms with Crippen LogP contribution in [0, 0.1) is 6.92 Å². The summed E-state index contributed by atoms with van der Waals surface area (Å²) in [5.74, 6) is -0.648. The van der Waals surface area contributed by atoms with Gasteiger partial charge in [0.15, 0.2) is 0 Å². The molecule has 4 heteroatoms. The molecule has 20 heavy (non-hydrogen) atoms. The second-order valence-corrected chi connectivity index (χ2v) is 4.68. The molecule has 0 amide bonds. The van der Waals surface area contributed by atoms with E-state index in [4.69, 9.17) is 5.11 Å². The topological polar surface area (TPSA) is 69.6 Å². The molecule has 0 spiro atoms. The van der Waals surface area contributed by atoms with Gasteiger partial charge in [0.2, 0.25) is 0 Å². The maximum atomic E-state index is 10.9. The molecule has 0 unspecified atom stereocenters. The summed E-state index contributed by atoms with van der Waals surface area (Å²) in [5.41, 5.74) is 3.28. The second kappa shape index (κ2) is 6.10. The predicted molar refractivity (Wildman–Crippen MR) is 78.4 cm³/mol. The molecule has 0 aliphatic heterocycles. The molecule has 2 rings (SSSR count). The SMILES string of the molecule is Cc1cc(C(=O)O)ccc1NCCc1ccc(O)cc1. The number of nitrogens with one attached hydrogen (secondary N) is 1. The smallest absolute Gasteiger partial charge is 0.335 e. The van der Waals surface area contributed by atoms with Crippen molar-refractivity contribution in [2.24, 2.45) is 0 Å². The molecule has 0 aromatic heterocycles. The highest BCUT2D eigenvalue weighted by Crippen LogP contribution is 2.17. The number of hydrogen-bond acceptors (Lipinski definition) is 3. The lowest BCUT2D eigenvalue weighted by molar-refractivity contribution is 0.0697. The second-order valence-electron chi connectivity index (χ2n) is 4.68. The van der Waals surface area contributed by atoms with Crippen molar-refractivity contribution >= 4 is 11.7 Å². The van der Waals surface area contributed by atoms with Crippen LogP contribution in [-0.2, 0) is 6.42 Å². The van der Waals surface area contributed by atoms with Gasteiger partial charge >= 0.3 is 5.97 Å². The highest BCUT2D eigenvalue weighted by Gasteiger charge is 2.05. The monoisotopic (exact) mass is 271 g/mol. The van der Waals surface area contributed by atoms with E-state index in [2.05, 4.69) is 5.32 Å². The first-order chi connectivity index (χ1) is 9.56. The summed E-state index contributed by atoms with van der Waals surface area (Å²) in [7, 11) is 0. The molecule has 0 atom stereocenters. The Morgan fingerprint density at radius 3 is 2.45 bits per heavy atom. The van der Waals surface area contributed by atoms with E-state index in [0.29, 0.717) is 5.56 Å². The number of carbonyl (C=O) groups is 1. The van der Waals surface area contributed by atoms with Crippen LogP contribution < -0.4 is 5.32 Å². The molecular formula is C16H17NO3. The van der Waals surface area contributed by atoms with Crippen molar-refractivity contribution in [1.29, 1.82) is 0 Å². The van der Waals surface area contributed by atoms with Crippen LogP contribution in [0.5, 0.6) is 5.75 Å². The van der Waals surface area contributed by atoms with Gasteiger partial charge in [0.1, 0.15) is 5.75 Å². The molecule has 0 aliphatic carbocycles. The number of carboxylic acid groups (broad SMARTS) is 1. The molecular weight excluding hydrogens is 254 g/mol. The van der Waals surface area contributed by atoms with Gasteiger partial charge < -0.3 is 15.5 Å². The number of rotatable bonds is 5. The Bertz CT molecular complexity index is 606. The van der Waals surface area contributed by atoms with E-state index in [0.717, 1.165) is 29.8 Å². The van der Waals surface area contributed by atoms with Crippen LogP contribution in [0.1, 0.15) is 21.5 Å². The Morgan fingerprint density at radius 1 is 1.15 bits per heavy atom. The zero-order valence-electron chi connectivity index (χ0n) is 11.3. The number of anilines is 1. The Kier molecular flexibility index (Phi) is 4.25. The lowest BCUT2D eigenvalue weighted by Crippen LogP contribution is -2.07. The van der Waals surface area contributed by atoms with E-state index >= 15 is 0 Å². The van der Waals surface area contributed by atoms with Crippen LogP contribution in [0.4, 0.5) is 5.69 Å². The molecule has 0 fully saturated rings. The van der Waals surface area contributed by atoms with Crippen molar-refractivity contribution < 1.29 is 15.0 Å². The number of carboxylic acids is 1. The van der Waals surface area contributed by atoms with Crippen LogP contribution in [0.2, 0.25) is 0 Å². The van der Waals surface area contributed by atoms with E-state index in [1.165, 1.54) is 0 Å². The van der Waals surface area contributed by atoms with Gasteiger partial charge in [-0.25, -0.2) is 4.79 Å². The van der Waals surface area contributed by atoms with E-state index in [9.17, 15) is 9.90 Å². The Labute approximate surface area is 117 Å². The third-order valence-corrected chi connectivity index (χ3v) is 3.14. The van der Waals surface area contributed by atoms with Gasteiger partial charge in [-0.1, -0.05) is 12.1 Å². The molecule has 0 saturated carbocycles. The number of benzene rings is 2. The first-order valence-electron chi connectivity index (χ1n) is 6.42. The van der Waals surface area contributed by atoms with Crippen molar-refractivity contribution in [3.05, 3.63) is 59.2 Å². The fourth-order valence-electron chi connectivity index (χ4n) is 2.00. The summed E-state index contributed by atoms with van der Waals surface area (Å²) in [6, 6.07) is 12.2. The fraction of sp³-hybridized carbons (Fsp3) is 0.188.